The first kappa shape index (κ1) is 17.0. The van der Waals surface area contributed by atoms with E-state index in [4.69, 9.17) is 5.73 Å². The van der Waals surface area contributed by atoms with Crippen molar-refractivity contribution >= 4 is 10.0 Å². The van der Waals surface area contributed by atoms with Crippen molar-refractivity contribution in [1.82, 2.24) is 9.62 Å². The minimum Gasteiger partial charge on any atom is -0.326 e. The number of nitrogens with one attached hydrogen (secondary N) is 1. The number of nitrogens with zero attached hydrogens (tertiary/aromatic N) is 1. The van der Waals surface area contributed by atoms with E-state index < -0.39 is 26.6 Å². The van der Waals surface area contributed by atoms with E-state index in [2.05, 4.69) is 4.72 Å². The van der Waals surface area contributed by atoms with Crippen LogP contribution in [-0.2, 0) is 16.6 Å². The first-order chi connectivity index (χ1) is 9.27. The summed E-state index contributed by atoms with van der Waals surface area (Å²) in [6.45, 7) is 0.761. The summed E-state index contributed by atoms with van der Waals surface area (Å²) in [4.78, 5) is 1.19. The number of sulfonamides is 1. The van der Waals surface area contributed by atoms with Crippen LogP contribution in [0.3, 0.4) is 0 Å². The second kappa shape index (κ2) is 7.07. The molecule has 5 nitrogen and oxygen atoms in total. The van der Waals surface area contributed by atoms with Crippen molar-refractivity contribution < 1.29 is 17.2 Å². The third-order valence-corrected chi connectivity index (χ3v) is 4.11. The molecule has 1 aromatic rings. The van der Waals surface area contributed by atoms with Crippen LogP contribution >= 0.6 is 0 Å². The molecule has 0 aliphatic carbocycles. The lowest BCUT2D eigenvalue weighted by molar-refractivity contribution is 0.399. The Balaban J connectivity index is 2.89. The molecule has 0 aromatic heterocycles. The molecule has 0 aliphatic heterocycles. The molecule has 20 heavy (non-hydrogen) atoms. The Hall–Kier alpha value is -1.09. The lowest BCUT2D eigenvalue weighted by Gasteiger charge is -2.11. The van der Waals surface area contributed by atoms with Crippen LogP contribution in [-0.4, -0.2) is 40.5 Å². The maximum absolute atomic E-state index is 13.6. The normalized spacial score (nSPS) is 12.1. The summed E-state index contributed by atoms with van der Waals surface area (Å²) in [5.74, 6) is -2.61. The third kappa shape index (κ3) is 4.48. The van der Waals surface area contributed by atoms with Gasteiger partial charge in [-0.1, -0.05) is 0 Å². The zero-order chi connectivity index (χ0) is 15.3. The van der Waals surface area contributed by atoms with E-state index in [1.165, 1.54) is 0 Å². The number of nitrogens with two attached hydrogens (primary N) is 1. The van der Waals surface area contributed by atoms with E-state index in [1.54, 1.807) is 0 Å². The van der Waals surface area contributed by atoms with Gasteiger partial charge in [-0.05, 0) is 44.8 Å². The van der Waals surface area contributed by atoms with Crippen LogP contribution in [0.1, 0.15) is 12.0 Å². The predicted molar refractivity (Wildman–Crippen MR) is 72.6 cm³/mol. The fraction of sp³-hybridized carbons (Fsp3) is 0.500. The van der Waals surface area contributed by atoms with Gasteiger partial charge < -0.3 is 10.6 Å². The average Bonchev–Trinajstić information content (AvgIpc) is 2.37. The first-order valence-electron chi connectivity index (χ1n) is 6.10. The Labute approximate surface area is 117 Å². The van der Waals surface area contributed by atoms with Crippen LogP contribution in [0, 0.1) is 11.6 Å². The standard InChI is InChI=1S/C12H19F2N3O2S/c1-17(2)5-3-4-16-20(18,19)11-7-9(8-15)6-10(13)12(11)14/h6-7,16H,3-5,8,15H2,1-2H3. The van der Waals surface area contributed by atoms with Crippen LogP contribution in [0.15, 0.2) is 17.0 Å². The van der Waals surface area contributed by atoms with Gasteiger partial charge in [-0.15, -0.1) is 0 Å². The average molecular weight is 307 g/mol. The second-order valence-corrected chi connectivity index (χ2v) is 6.38. The molecular weight excluding hydrogens is 288 g/mol. The van der Waals surface area contributed by atoms with E-state index in [-0.39, 0.29) is 18.7 Å². The van der Waals surface area contributed by atoms with Crippen LogP contribution in [0.25, 0.3) is 0 Å². The summed E-state index contributed by atoms with van der Waals surface area (Å²) in [6.07, 6.45) is 0.562. The van der Waals surface area contributed by atoms with E-state index in [0.29, 0.717) is 13.0 Å². The molecule has 0 bridgehead atoms. The highest BCUT2D eigenvalue weighted by Gasteiger charge is 2.22. The van der Waals surface area contributed by atoms with Crippen molar-refractivity contribution in [3.05, 3.63) is 29.3 Å². The summed E-state index contributed by atoms with van der Waals surface area (Å²) < 4.78 is 53.1. The van der Waals surface area contributed by atoms with Gasteiger partial charge in [0.25, 0.3) is 0 Å². The zero-order valence-electron chi connectivity index (χ0n) is 11.5. The highest BCUT2D eigenvalue weighted by atomic mass is 32.2. The van der Waals surface area contributed by atoms with Crippen molar-refractivity contribution in [1.29, 1.82) is 0 Å². The Morgan fingerprint density at radius 2 is 1.95 bits per heavy atom. The molecule has 0 radical (unpaired) electrons. The minimum atomic E-state index is -4.08. The Morgan fingerprint density at radius 1 is 1.30 bits per heavy atom. The Morgan fingerprint density at radius 3 is 2.50 bits per heavy atom. The lowest BCUT2D eigenvalue weighted by Crippen LogP contribution is -2.28. The number of hydrogen-bond acceptors (Lipinski definition) is 4. The number of hydrogen-bond donors (Lipinski definition) is 2. The fourth-order valence-electron chi connectivity index (χ4n) is 1.61. The molecule has 0 unspecified atom stereocenters. The fourth-order valence-corrected chi connectivity index (χ4v) is 2.82. The topological polar surface area (TPSA) is 75.4 Å². The maximum atomic E-state index is 13.6. The summed E-state index contributed by atoms with van der Waals surface area (Å²) >= 11 is 0. The van der Waals surface area contributed by atoms with Gasteiger partial charge in [0, 0.05) is 13.1 Å². The van der Waals surface area contributed by atoms with Crippen molar-refractivity contribution in [2.24, 2.45) is 5.73 Å². The van der Waals surface area contributed by atoms with Crippen LogP contribution in [0.2, 0.25) is 0 Å². The summed E-state index contributed by atoms with van der Waals surface area (Å²) in [6, 6.07) is 1.94. The molecule has 3 N–H and O–H groups in total. The van der Waals surface area contributed by atoms with E-state index in [0.717, 1.165) is 12.1 Å². The van der Waals surface area contributed by atoms with Crippen molar-refractivity contribution in [3.8, 4) is 0 Å². The van der Waals surface area contributed by atoms with Crippen molar-refractivity contribution in [2.45, 2.75) is 17.9 Å². The number of benzene rings is 1. The molecule has 0 saturated heterocycles. The maximum Gasteiger partial charge on any atom is 0.243 e. The van der Waals surface area contributed by atoms with E-state index >= 15 is 0 Å². The SMILES string of the molecule is CN(C)CCCNS(=O)(=O)c1cc(CN)cc(F)c1F. The number of rotatable bonds is 7. The molecule has 0 saturated carbocycles. The largest absolute Gasteiger partial charge is 0.326 e. The van der Waals surface area contributed by atoms with Gasteiger partial charge in [0.1, 0.15) is 4.90 Å². The molecule has 8 heteroatoms. The third-order valence-electron chi connectivity index (χ3n) is 2.65. The minimum absolute atomic E-state index is 0.0691. The summed E-state index contributed by atoms with van der Waals surface area (Å²) in [5.41, 5.74) is 5.55. The van der Waals surface area contributed by atoms with Crippen LogP contribution < -0.4 is 10.5 Å². The Bertz CT molecular complexity index is 562. The molecule has 1 rings (SSSR count). The monoisotopic (exact) mass is 307 g/mol. The molecule has 0 spiro atoms. The quantitative estimate of drug-likeness (QED) is 0.726. The van der Waals surface area contributed by atoms with Crippen LogP contribution in [0.5, 0.6) is 0 Å². The summed E-state index contributed by atoms with van der Waals surface area (Å²) in [5, 5.41) is 0. The van der Waals surface area contributed by atoms with Crippen LogP contribution in [0.4, 0.5) is 8.78 Å². The van der Waals surface area contributed by atoms with Gasteiger partial charge in [0.15, 0.2) is 11.6 Å². The van der Waals surface area contributed by atoms with Gasteiger partial charge in [-0.3, -0.25) is 0 Å². The van der Waals surface area contributed by atoms with E-state index in [1.807, 2.05) is 19.0 Å². The van der Waals surface area contributed by atoms with Gasteiger partial charge in [0.05, 0.1) is 0 Å². The Kier molecular flexibility index (Phi) is 6.00. The van der Waals surface area contributed by atoms with Gasteiger partial charge in [-0.25, -0.2) is 21.9 Å². The van der Waals surface area contributed by atoms with Gasteiger partial charge in [0.2, 0.25) is 10.0 Å². The zero-order valence-corrected chi connectivity index (χ0v) is 12.3. The number of halogens is 2. The van der Waals surface area contributed by atoms with E-state index in [9.17, 15) is 17.2 Å². The summed E-state index contributed by atoms with van der Waals surface area (Å²) in [7, 11) is -0.372. The molecule has 0 fully saturated rings. The molecule has 1 aromatic carbocycles. The molecule has 0 atom stereocenters. The lowest BCUT2D eigenvalue weighted by atomic mass is 10.2. The van der Waals surface area contributed by atoms with Crippen molar-refractivity contribution in [3.63, 3.8) is 0 Å². The first-order valence-corrected chi connectivity index (χ1v) is 7.58. The molecular formula is C12H19F2N3O2S. The van der Waals surface area contributed by atoms with Gasteiger partial charge in [-0.2, -0.15) is 0 Å². The molecule has 0 aliphatic rings. The molecule has 114 valence electrons. The molecule has 0 heterocycles. The second-order valence-electron chi connectivity index (χ2n) is 4.65. The predicted octanol–water partition coefficient (Wildman–Crippen LogP) is 0.654. The smallest absolute Gasteiger partial charge is 0.243 e. The highest BCUT2D eigenvalue weighted by Crippen LogP contribution is 2.19. The van der Waals surface area contributed by atoms with Gasteiger partial charge >= 0.3 is 0 Å². The van der Waals surface area contributed by atoms with Crippen molar-refractivity contribution in [2.75, 3.05) is 27.2 Å². The highest BCUT2D eigenvalue weighted by molar-refractivity contribution is 7.89. The molecule has 0 amide bonds.